The van der Waals surface area contributed by atoms with Crippen LogP contribution in [0, 0.1) is 0 Å². The summed E-state index contributed by atoms with van der Waals surface area (Å²) >= 11 is 0. The summed E-state index contributed by atoms with van der Waals surface area (Å²) < 4.78 is 0. The molecule has 0 saturated carbocycles. The molecule has 1 heterocycles. The summed E-state index contributed by atoms with van der Waals surface area (Å²) in [5.41, 5.74) is 6.59. The molecule has 1 aliphatic rings. The van der Waals surface area contributed by atoms with Gasteiger partial charge in [0.2, 0.25) is 0 Å². The average molecular weight is 360 g/mol. The second kappa shape index (κ2) is 8.96. The van der Waals surface area contributed by atoms with Crippen LogP contribution in [0.4, 0.5) is 0 Å². The molecule has 0 bridgehead atoms. The molecule has 3 rings (SSSR count). The summed E-state index contributed by atoms with van der Waals surface area (Å²) in [7, 11) is 0. The fourth-order valence-electron chi connectivity index (χ4n) is 3.44. The number of ketones is 1. The molecule has 27 heavy (non-hydrogen) atoms. The molecular weight excluding hydrogens is 330 g/mol. The van der Waals surface area contributed by atoms with Crippen molar-refractivity contribution >= 4 is 17.9 Å². The van der Waals surface area contributed by atoms with Gasteiger partial charge in [-0.1, -0.05) is 69.3 Å². The lowest BCUT2D eigenvalue weighted by Gasteiger charge is -2.28. The number of likely N-dealkylation sites (N-methyl/N-ethyl adjacent to an activating group) is 1. The molecule has 1 aliphatic heterocycles. The lowest BCUT2D eigenvalue weighted by atomic mass is 9.94. The third-order valence-corrected chi connectivity index (χ3v) is 5.28. The minimum Gasteiger partial charge on any atom is -0.295 e. The maximum Gasteiger partial charge on any atom is 0.187 e. The van der Waals surface area contributed by atoms with Gasteiger partial charge in [-0.2, -0.15) is 0 Å². The van der Waals surface area contributed by atoms with Gasteiger partial charge in [0, 0.05) is 24.2 Å². The average Bonchev–Trinajstić information content (AvgIpc) is 2.72. The number of Topliss-reactive ketones (excluding diaryl/α,β-unsaturated/α-hetero) is 1. The molecule has 0 atom stereocenters. The Morgan fingerprint density at radius 2 is 1.15 bits per heavy atom. The van der Waals surface area contributed by atoms with E-state index in [0.717, 1.165) is 54.7 Å². The van der Waals surface area contributed by atoms with Crippen molar-refractivity contribution in [3.05, 3.63) is 81.9 Å². The first-order chi connectivity index (χ1) is 13.1. The zero-order valence-electron chi connectivity index (χ0n) is 16.7. The number of hydrogen-bond donors (Lipinski definition) is 0. The molecule has 140 valence electrons. The maximum atomic E-state index is 13.1. The number of piperidine rings is 1. The fourth-order valence-corrected chi connectivity index (χ4v) is 3.44. The lowest BCUT2D eigenvalue weighted by Crippen LogP contribution is -2.37. The van der Waals surface area contributed by atoms with E-state index in [0.29, 0.717) is 0 Å². The molecule has 0 amide bonds. The van der Waals surface area contributed by atoms with Crippen LogP contribution in [0.1, 0.15) is 43.0 Å². The van der Waals surface area contributed by atoms with Crippen LogP contribution in [0.25, 0.3) is 12.2 Å². The number of carbonyl (C=O) groups excluding carboxylic acids is 1. The van der Waals surface area contributed by atoms with Gasteiger partial charge >= 0.3 is 0 Å². The first-order valence-corrected chi connectivity index (χ1v) is 9.99. The summed E-state index contributed by atoms with van der Waals surface area (Å²) in [4.78, 5) is 15.4. The van der Waals surface area contributed by atoms with Crippen LogP contribution >= 0.6 is 0 Å². The molecule has 0 unspecified atom stereocenters. The van der Waals surface area contributed by atoms with Gasteiger partial charge in [-0.3, -0.25) is 9.69 Å². The number of hydrogen-bond acceptors (Lipinski definition) is 2. The quantitative estimate of drug-likeness (QED) is 0.685. The first-order valence-electron chi connectivity index (χ1n) is 9.99. The van der Waals surface area contributed by atoms with Crippen molar-refractivity contribution in [2.24, 2.45) is 0 Å². The highest BCUT2D eigenvalue weighted by Crippen LogP contribution is 2.22. The van der Waals surface area contributed by atoms with E-state index in [1.54, 1.807) is 0 Å². The number of nitrogens with zero attached hydrogens (tertiary/aromatic N) is 1. The molecule has 1 fully saturated rings. The van der Waals surface area contributed by atoms with Gasteiger partial charge in [-0.25, -0.2) is 0 Å². The van der Waals surface area contributed by atoms with E-state index in [1.165, 1.54) is 11.1 Å². The van der Waals surface area contributed by atoms with Crippen molar-refractivity contribution in [1.82, 2.24) is 4.90 Å². The minimum absolute atomic E-state index is 0.179. The number of benzene rings is 2. The molecule has 1 saturated heterocycles. The van der Waals surface area contributed by atoms with Gasteiger partial charge in [-0.05, 0) is 53.8 Å². The van der Waals surface area contributed by atoms with Gasteiger partial charge in [0.15, 0.2) is 5.78 Å². The highest BCUT2D eigenvalue weighted by molar-refractivity contribution is 6.14. The molecule has 2 aromatic rings. The summed E-state index contributed by atoms with van der Waals surface area (Å²) in [6, 6.07) is 17.0. The number of rotatable bonds is 5. The Labute approximate surface area is 163 Å². The van der Waals surface area contributed by atoms with Gasteiger partial charge in [0.25, 0.3) is 0 Å². The second-order valence-corrected chi connectivity index (χ2v) is 7.16. The standard InChI is InChI=1S/C25H29NO/c1-4-19-7-11-21(12-8-19)15-23-17-26(6-3)18-24(25(23)27)16-22-13-9-20(5-2)10-14-22/h7-16H,4-6,17-18H2,1-3H3/b23-15-,24-16-. The van der Waals surface area contributed by atoms with Crippen LogP contribution in [0.5, 0.6) is 0 Å². The van der Waals surface area contributed by atoms with Crippen LogP contribution in [0.15, 0.2) is 59.7 Å². The fraction of sp³-hybridized carbons (Fsp3) is 0.320. The zero-order chi connectivity index (χ0) is 19.2. The smallest absolute Gasteiger partial charge is 0.187 e. The highest BCUT2D eigenvalue weighted by Gasteiger charge is 2.25. The predicted octanol–water partition coefficient (Wildman–Crippen LogP) is 5.18. The first kappa shape index (κ1) is 19.3. The third-order valence-electron chi connectivity index (χ3n) is 5.28. The summed E-state index contributed by atoms with van der Waals surface area (Å²) in [5, 5.41) is 0. The highest BCUT2D eigenvalue weighted by atomic mass is 16.1. The Bertz CT molecular complexity index is 771. The van der Waals surface area contributed by atoms with Gasteiger partial charge in [-0.15, -0.1) is 0 Å². The topological polar surface area (TPSA) is 20.3 Å². The van der Waals surface area contributed by atoms with Gasteiger partial charge in [0.05, 0.1) is 0 Å². The van der Waals surface area contributed by atoms with Gasteiger partial charge in [0.1, 0.15) is 0 Å². The molecule has 0 aliphatic carbocycles. The van der Waals surface area contributed by atoms with Crippen molar-refractivity contribution in [2.75, 3.05) is 19.6 Å². The van der Waals surface area contributed by atoms with Crippen LogP contribution < -0.4 is 0 Å². The van der Waals surface area contributed by atoms with E-state index in [9.17, 15) is 4.79 Å². The molecule has 2 heteroatoms. The predicted molar refractivity (Wildman–Crippen MR) is 115 cm³/mol. The van der Waals surface area contributed by atoms with Crippen molar-refractivity contribution in [3.8, 4) is 0 Å². The number of likely N-dealkylation sites (tertiary alicyclic amines) is 1. The van der Waals surface area contributed by atoms with Crippen LogP contribution in [0.2, 0.25) is 0 Å². The summed E-state index contributed by atoms with van der Waals surface area (Å²) in [5.74, 6) is 0.179. The molecule has 2 aromatic carbocycles. The van der Waals surface area contributed by atoms with Crippen LogP contribution in [-0.2, 0) is 17.6 Å². The van der Waals surface area contributed by atoms with Crippen molar-refractivity contribution < 1.29 is 4.79 Å². The van der Waals surface area contributed by atoms with Crippen LogP contribution in [0.3, 0.4) is 0 Å². The lowest BCUT2D eigenvalue weighted by molar-refractivity contribution is -0.113. The molecule has 2 nitrogen and oxygen atoms in total. The molecular formula is C25H29NO. The van der Waals surface area contributed by atoms with E-state index in [1.807, 2.05) is 0 Å². The summed E-state index contributed by atoms with van der Waals surface area (Å²) in [6.45, 7) is 8.83. The normalized spacial score (nSPS) is 18.4. The largest absolute Gasteiger partial charge is 0.295 e. The SMILES string of the molecule is CCc1ccc(/C=C2/CN(CC)C/C(=C/c3ccc(CC)cc3)C2=O)cc1. The second-order valence-electron chi connectivity index (χ2n) is 7.16. The van der Waals surface area contributed by atoms with Gasteiger partial charge < -0.3 is 0 Å². The Kier molecular flexibility index (Phi) is 6.41. The Morgan fingerprint density at radius 1 is 0.741 bits per heavy atom. The number of aryl methyl sites for hydroxylation is 2. The maximum absolute atomic E-state index is 13.1. The number of carbonyl (C=O) groups is 1. The van der Waals surface area contributed by atoms with Crippen molar-refractivity contribution in [1.29, 1.82) is 0 Å². The molecule has 0 spiro atoms. The van der Waals surface area contributed by atoms with E-state index in [2.05, 4.69) is 86.4 Å². The van der Waals surface area contributed by atoms with Crippen molar-refractivity contribution in [2.45, 2.75) is 33.6 Å². The molecule has 0 radical (unpaired) electrons. The van der Waals surface area contributed by atoms with E-state index >= 15 is 0 Å². The van der Waals surface area contributed by atoms with E-state index in [-0.39, 0.29) is 5.78 Å². The third kappa shape index (κ3) is 4.84. The Morgan fingerprint density at radius 3 is 1.48 bits per heavy atom. The van der Waals surface area contributed by atoms with Crippen LogP contribution in [-0.4, -0.2) is 30.3 Å². The molecule has 0 N–H and O–H groups in total. The Balaban J connectivity index is 1.89. The summed E-state index contributed by atoms with van der Waals surface area (Å²) in [6.07, 6.45) is 6.17. The zero-order valence-corrected chi connectivity index (χ0v) is 16.7. The Hall–Kier alpha value is -2.45. The van der Waals surface area contributed by atoms with Crippen molar-refractivity contribution in [3.63, 3.8) is 0 Å². The van der Waals surface area contributed by atoms with E-state index in [4.69, 9.17) is 0 Å². The van der Waals surface area contributed by atoms with E-state index < -0.39 is 0 Å². The monoisotopic (exact) mass is 359 g/mol. The minimum atomic E-state index is 0.179. The molecule has 0 aromatic heterocycles.